The Balaban J connectivity index is 1.56. The third-order valence-electron chi connectivity index (χ3n) is 3.40. The smallest absolute Gasteiger partial charge is 0.0312 e. The lowest BCUT2D eigenvalue weighted by Gasteiger charge is -2.20. The lowest BCUT2D eigenvalue weighted by atomic mass is 10.1. The molecule has 1 aromatic carbocycles. The summed E-state index contributed by atoms with van der Waals surface area (Å²) in [5.41, 5.74) is 2.79. The van der Waals surface area contributed by atoms with E-state index < -0.39 is 0 Å². The first kappa shape index (κ1) is 12.7. The van der Waals surface area contributed by atoms with E-state index in [0.717, 1.165) is 13.1 Å². The first-order chi connectivity index (χ1) is 9.31. The number of hydrogen-bond acceptors (Lipinski definition) is 3. The molecule has 2 nitrogen and oxygen atoms in total. The summed E-state index contributed by atoms with van der Waals surface area (Å²) in [6.07, 6.45) is 4.97. The third kappa shape index (κ3) is 3.17. The van der Waals surface area contributed by atoms with Crippen LogP contribution in [0.15, 0.2) is 53.7 Å². The minimum atomic E-state index is 0.680. The van der Waals surface area contributed by atoms with Gasteiger partial charge in [0.15, 0.2) is 0 Å². The highest BCUT2D eigenvalue weighted by molar-refractivity contribution is 8.00. The van der Waals surface area contributed by atoms with Crippen molar-refractivity contribution < 1.29 is 0 Å². The predicted molar refractivity (Wildman–Crippen MR) is 80.4 cm³/mol. The monoisotopic (exact) mass is 270 g/mol. The maximum Gasteiger partial charge on any atom is 0.0312 e. The van der Waals surface area contributed by atoms with E-state index in [2.05, 4.69) is 47.3 Å². The van der Waals surface area contributed by atoms with E-state index in [0.29, 0.717) is 5.25 Å². The zero-order chi connectivity index (χ0) is 13.1. The van der Waals surface area contributed by atoms with Crippen LogP contribution in [0, 0.1) is 0 Å². The lowest BCUT2D eigenvalue weighted by Crippen LogP contribution is -2.26. The highest BCUT2D eigenvalue weighted by Gasteiger charge is 2.22. The summed E-state index contributed by atoms with van der Waals surface area (Å²) in [6.45, 7) is 2.09. The number of aromatic nitrogens is 1. The molecule has 19 heavy (non-hydrogen) atoms. The molecule has 0 N–H and O–H groups in total. The molecule has 1 unspecified atom stereocenters. The summed E-state index contributed by atoms with van der Waals surface area (Å²) < 4.78 is 0. The Morgan fingerprint density at radius 1 is 1.26 bits per heavy atom. The highest BCUT2D eigenvalue weighted by atomic mass is 32.2. The Labute approximate surface area is 118 Å². The van der Waals surface area contributed by atoms with Gasteiger partial charge in [-0.1, -0.05) is 24.3 Å². The Kier molecular flexibility index (Phi) is 3.85. The summed E-state index contributed by atoms with van der Waals surface area (Å²) in [4.78, 5) is 8.02. The van der Waals surface area contributed by atoms with Crippen molar-refractivity contribution in [2.24, 2.45) is 0 Å². The highest BCUT2D eigenvalue weighted by Crippen LogP contribution is 2.36. The first-order valence-corrected chi connectivity index (χ1v) is 7.51. The number of rotatable bonds is 4. The van der Waals surface area contributed by atoms with Crippen LogP contribution in [0.2, 0.25) is 0 Å². The van der Waals surface area contributed by atoms with Gasteiger partial charge in [-0.05, 0) is 36.7 Å². The second-order valence-corrected chi connectivity index (χ2v) is 6.45. The Bertz CT molecular complexity index is 516. The molecule has 1 aliphatic rings. The molecule has 1 aliphatic heterocycles. The first-order valence-electron chi connectivity index (χ1n) is 6.63. The van der Waals surface area contributed by atoms with Gasteiger partial charge < -0.3 is 4.90 Å². The molecule has 0 aliphatic carbocycles. The maximum absolute atomic E-state index is 4.17. The Morgan fingerprint density at radius 2 is 2.16 bits per heavy atom. The van der Waals surface area contributed by atoms with E-state index in [1.54, 1.807) is 0 Å². The zero-order valence-electron chi connectivity index (χ0n) is 11.1. The van der Waals surface area contributed by atoms with Crippen molar-refractivity contribution in [3.63, 3.8) is 0 Å². The van der Waals surface area contributed by atoms with Crippen LogP contribution in [0.25, 0.3) is 0 Å². The SMILES string of the molecule is CN(Cc1cccnc1)CC1Cc2ccccc2S1. The van der Waals surface area contributed by atoms with Crippen LogP contribution < -0.4 is 0 Å². The quantitative estimate of drug-likeness (QED) is 0.848. The molecular formula is C16H18N2S. The molecule has 2 aromatic rings. The van der Waals surface area contributed by atoms with Crippen molar-refractivity contribution in [3.05, 3.63) is 59.9 Å². The minimum absolute atomic E-state index is 0.680. The second-order valence-electron chi connectivity index (χ2n) is 5.11. The van der Waals surface area contributed by atoms with Gasteiger partial charge >= 0.3 is 0 Å². The summed E-state index contributed by atoms with van der Waals surface area (Å²) >= 11 is 2.02. The molecule has 0 saturated heterocycles. The topological polar surface area (TPSA) is 16.1 Å². The van der Waals surface area contributed by atoms with Gasteiger partial charge in [-0.25, -0.2) is 0 Å². The predicted octanol–water partition coefficient (Wildman–Crippen LogP) is 3.23. The maximum atomic E-state index is 4.17. The van der Waals surface area contributed by atoms with E-state index in [1.807, 2.05) is 30.2 Å². The molecule has 3 heteroatoms. The van der Waals surface area contributed by atoms with Crippen molar-refractivity contribution in [1.82, 2.24) is 9.88 Å². The van der Waals surface area contributed by atoms with E-state index in [9.17, 15) is 0 Å². The number of fused-ring (bicyclic) bond motifs is 1. The van der Waals surface area contributed by atoms with Gasteiger partial charge in [-0.3, -0.25) is 4.98 Å². The molecule has 0 spiro atoms. The summed E-state index contributed by atoms with van der Waals surface area (Å²) in [7, 11) is 2.19. The fraction of sp³-hybridized carbons (Fsp3) is 0.312. The number of pyridine rings is 1. The van der Waals surface area contributed by atoms with Crippen molar-refractivity contribution in [2.75, 3.05) is 13.6 Å². The fourth-order valence-corrected chi connectivity index (χ4v) is 3.98. The average molecular weight is 270 g/mol. The molecule has 2 heterocycles. The lowest BCUT2D eigenvalue weighted by molar-refractivity contribution is 0.327. The Hall–Kier alpha value is -1.32. The fourth-order valence-electron chi connectivity index (χ4n) is 2.57. The van der Waals surface area contributed by atoms with E-state index in [4.69, 9.17) is 0 Å². The largest absolute Gasteiger partial charge is 0.301 e. The number of nitrogens with zero attached hydrogens (tertiary/aromatic N) is 2. The molecule has 0 fully saturated rings. The molecule has 1 atom stereocenters. The molecule has 98 valence electrons. The number of benzene rings is 1. The third-order valence-corrected chi connectivity index (χ3v) is 4.71. The molecule has 0 bridgehead atoms. The van der Waals surface area contributed by atoms with E-state index >= 15 is 0 Å². The molecular weight excluding hydrogens is 252 g/mol. The van der Waals surface area contributed by atoms with Gasteiger partial charge in [0.2, 0.25) is 0 Å². The molecule has 1 aromatic heterocycles. The van der Waals surface area contributed by atoms with Gasteiger partial charge in [0.05, 0.1) is 0 Å². The average Bonchev–Trinajstić information content (AvgIpc) is 2.81. The summed E-state index contributed by atoms with van der Waals surface area (Å²) in [5, 5.41) is 0.680. The van der Waals surface area contributed by atoms with Crippen LogP contribution in [0.5, 0.6) is 0 Å². The second kappa shape index (κ2) is 5.76. The van der Waals surface area contributed by atoms with Crippen LogP contribution in [0.4, 0.5) is 0 Å². The molecule has 3 rings (SSSR count). The number of hydrogen-bond donors (Lipinski definition) is 0. The van der Waals surface area contributed by atoms with E-state index in [1.165, 1.54) is 22.4 Å². The van der Waals surface area contributed by atoms with Crippen LogP contribution >= 0.6 is 11.8 Å². The van der Waals surface area contributed by atoms with Crippen LogP contribution in [0.1, 0.15) is 11.1 Å². The van der Waals surface area contributed by atoms with Gasteiger partial charge in [-0.2, -0.15) is 0 Å². The molecule has 0 saturated carbocycles. The van der Waals surface area contributed by atoms with Gasteiger partial charge in [0.1, 0.15) is 0 Å². The van der Waals surface area contributed by atoms with Gasteiger partial charge in [0, 0.05) is 35.6 Å². The Morgan fingerprint density at radius 3 is 2.95 bits per heavy atom. The van der Waals surface area contributed by atoms with Crippen LogP contribution in [0.3, 0.4) is 0 Å². The minimum Gasteiger partial charge on any atom is -0.301 e. The standard InChI is InChI=1S/C16H18N2S/c1-18(11-13-5-4-8-17-10-13)12-15-9-14-6-2-3-7-16(14)19-15/h2-8,10,15H,9,11-12H2,1H3. The van der Waals surface area contributed by atoms with Gasteiger partial charge in [-0.15, -0.1) is 11.8 Å². The van der Waals surface area contributed by atoms with Crippen LogP contribution in [-0.4, -0.2) is 28.7 Å². The zero-order valence-corrected chi connectivity index (χ0v) is 11.9. The van der Waals surface area contributed by atoms with E-state index in [-0.39, 0.29) is 0 Å². The van der Waals surface area contributed by atoms with Crippen molar-refractivity contribution in [2.45, 2.75) is 23.1 Å². The molecule has 0 radical (unpaired) electrons. The van der Waals surface area contributed by atoms with Gasteiger partial charge in [0.25, 0.3) is 0 Å². The van der Waals surface area contributed by atoms with Crippen molar-refractivity contribution >= 4 is 11.8 Å². The van der Waals surface area contributed by atoms with Crippen molar-refractivity contribution in [3.8, 4) is 0 Å². The summed E-state index contributed by atoms with van der Waals surface area (Å²) in [5.74, 6) is 0. The number of thioether (sulfide) groups is 1. The normalized spacial score (nSPS) is 17.7. The summed E-state index contributed by atoms with van der Waals surface area (Å²) in [6, 6.07) is 12.9. The van der Waals surface area contributed by atoms with Crippen molar-refractivity contribution in [1.29, 1.82) is 0 Å². The molecule has 0 amide bonds. The van der Waals surface area contributed by atoms with Crippen LogP contribution in [-0.2, 0) is 13.0 Å².